The van der Waals surface area contributed by atoms with Gasteiger partial charge in [-0.15, -0.1) is 0 Å². The van der Waals surface area contributed by atoms with Crippen molar-refractivity contribution in [2.75, 3.05) is 0 Å². The summed E-state index contributed by atoms with van der Waals surface area (Å²) in [5.41, 5.74) is 6.34. The number of fused-ring (bicyclic) bond motifs is 2. The van der Waals surface area contributed by atoms with Gasteiger partial charge in [0.15, 0.2) is 5.65 Å². The molecule has 5 heteroatoms. The van der Waals surface area contributed by atoms with Crippen molar-refractivity contribution in [1.29, 1.82) is 5.26 Å². The molecule has 1 aromatic carbocycles. The van der Waals surface area contributed by atoms with E-state index < -0.39 is 0 Å². The van der Waals surface area contributed by atoms with E-state index in [0.717, 1.165) is 11.9 Å². The molecule has 4 aromatic rings. The molecule has 1 aliphatic carbocycles. The van der Waals surface area contributed by atoms with Crippen LogP contribution in [0.3, 0.4) is 0 Å². The second-order valence-electron chi connectivity index (χ2n) is 6.85. The van der Waals surface area contributed by atoms with Gasteiger partial charge in [-0.3, -0.25) is 4.68 Å². The highest BCUT2D eigenvalue weighted by Gasteiger charge is 2.28. The van der Waals surface area contributed by atoms with Crippen LogP contribution in [0.15, 0.2) is 36.7 Å². The van der Waals surface area contributed by atoms with Crippen LogP contribution in [0.2, 0.25) is 0 Å². The molecule has 5 nitrogen and oxygen atoms in total. The van der Waals surface area contributed by atoms with Gasteiger partial charge in [0.1, 0.15) is 11.8 Å². The van der Waals surface area contributed by atoms with Crippen LogP contribution in [0.25, 0.3) is 21.9 Å². The minimum absolute atomic E-state index is 0.403. The van der Waals surface area contributed by atoms with Gasteiger partial charge in [0.25, 0.3) is 0 Å². The Morgan fingerprint density at radius 2 is 2.20 bits per heavy atom. The lowest BCUT2D eigenvalue weighted by atomic mass is 9.96. The van der Waals surface area contributed by atoms with Gasteiger partial charge < -0.3 is 4.98 Å². The van der Waals surface area contributed by atoms with Crippen LogP contribution in [-0.2, 0) is 6.54 Å². The van der Waals surface area contributed by atoms with Crippen molar-refractivity contribution in [3.8, 4) is 6.07 Å². The van der Waals surface area contributed by atoms with Gasteiger partial charge in [-0.05, 0) is 60.6 Å². The molecule has 1 saturated carbocycles. The summed E-state index contributed by atoms with van der Waals surface area (Å²) in [5.74, 6) is 0.682. The highest BCUT2D eigenvalue weighted by molar-refractivity contribution is 5.87. The van der Waals surface area contributed by atoms with E-state index in [2.05, 4.69) is 40.2 Å². The number of hydrogen-bond acceptors (Lipinski definition) is 3. The van der Waals surface area contributed by atoms with Gasteiger partial charge >= 0.3 is 0 Å². The molecule has 25 heavy (non-hydrogen) atoms. The summed E-state index contributed by atoms with van der Waals surface area (Å²) < 4.78 is 1.95. The number of aromatic nitrogens is 4. The van der Waals surface area contributed by atoms with Gasteiger partial charge in [-0.25, -0.2) is 4.98 Å². The molecule has 5 rings (SSSR count). The number of aromatic amines is 1. The Morgan fingerprint density at radius 1 is 1.32 bits per heavy atom. The zero-order valence-corrected chi connectivity index (χ0v) is 14.0. The third-order valence-corrected chi connectivity index (χ3v) is 5.06. The monoisotopic (exact) mass is 327 g/mol. The molecule has 0 aliphatic heterocycles. The average molecular weight is 327 g/mol. The second kappa shape index (κ2) is 5.18. The van der Waals surface area contributed by atoms with Crippen LogP contribution in [-0.4, -0.2) is 19.7 Å². The predicted molar refractivity (Wildman–Crippen MR) is 96.4 cm³/mol. The summed E-state index contributed by atoms with van der Waals surface area (Å²) in [7, 11) is 0. The number of H-pyrrole nitrogens is 1. The third kappa shape index (κ3) is 2.30. The average Bonchev–Trinajstić information content (AvgIpc) is 3.18. The van der Waals surface area contributed by atoms with Gasteiger partial charge in [0.2, 0.25) is 0 Å². The summed E-state index contributed by atoms with van der Waals surface area (Å²) in [4.78, 5) is 7.66. The number of nitrogens with zero attached hydrogens (tertiary/aromatic N) is 4. The minimum Gasteiger partial charge on any atom is -0.361 e. The van der Waals surface area contributed by atoms with Crippen molar-refractivity contribution in [3.63, 3.8) is 0 Å². The molecule has 0 atom stereocenters. The van der Waals surface area contributed by atoms with E-state index in [1.54, 1.807) is 6.07 Å². The fraction of sp³-hybridized carbons (Fsp3) is 0.250. The van der Waals surface area contributed by atoms with Gasteiger partial charge in [-0.1, -0.05) is 6.07 Å². The number of benzene rings is 1. The summed E-state index contributed by atoms with van der Waals surface area (Å²) >= 11 is 0. The number of aryl methyl sites for hydroxylation is 1. The first-order valence-electron chi connectivity index (χ1n) is 8.56. The molecule has 0 saturated heterocycles. The van der Waals surface area contributed by atoms with E-state index in [0.29, 0.717) is 17.3 Å². The molecule has 0 spiro atoms. The minimum atomic E-state index is 0.403. The zero-order valence-electron chi connectivity index (χ0n) is 14.0. The van der Waals surface area contributed by atoms with E-state index in [1.165, 1.54) is 40.4 Å². The number of nitriles is 1. The van der Waals surface area contributed by atoms with Crippen molar-refractivity contribution in [2.45, 2.75) is 32.2 Å². The second-order valence-corrected chi connectivity index (χ2v) is 6.85. The maximum Gasteiger partial charge on any atom is 0.182 e. The Hall–Kier alpha value is -3.13. The standard InChI is InChI=1S/C20H17N5/c1-12-8-17(13-2-3-13)18(16-6-7-22-19(12)16)11-25-10-14-4-5-15(9-21)23-20(14)24-25/h4-8,10,13,22H,2-3,11H2,1H3. The van der Waals surface area contributed by atoms with Crippen molar-refractivity contribution >= 4 is 21.9 Å². The summed E-state index contributed by atoms with van der Waals surface area (Å²) in [5, 5.41) is 15.9. The highest BCUT2D eigenvalue weighted by Crippen LogP contribution is 2.44. The molecular weight excluding hydrogens is 310 g/mol. The molecule has 1 N–H and O–H groups in total. The first-order valence-corrected chi connectivity index (χ1v) is 8.56. The molecule has 0 radical (unpaired) electrons. The van der Waals surface area contributed by atoms with Crippen molar-refractivity contribution in [1.82, 2.24) is 19.7 Å². The van der Waals surface area contributed by atoms with Crippen LogP contribution in [0, 0.1) is 18.3 Å². The van der Waals surface area contributed by atoms with E-state index in [1.807, 2.05) is 23.1 Å². The largest absolute Gasteiger partial charge is 0.361 e. The smallest absolute Gasteiger partial charge is 0.182 e. The van der Waals surface area contributed by atoms with Crippen molar-refractivity contribution in [3.05, 3.63) is 59.0 Å². The SMILES string of the molecule is Cc1cc(C2CC2)c(Cn2cc3ccc(C#N)nc3n2)c2cc[nH]c12. The lowest BCUT2D eigenvalue weighted by molar-refractivity contribution is 0.691. The Kier molecular flexibility index (Phi) is 2.95. The van der Waals surface area contributed by atoms with Crippen molar-refractivity contribution < 1.29 is 0 Å². The summed E-state index contributed by atoms with van der Waals surface area (Å²) in [6.45, 7) is 2.89. The molecule has 3 aromatic heterocycles. The van der Waals surface area contributed by atoms with E-state index in [4.69, 9.17) is 5.26 Å². The molecule has 1 aliphatic rings. The Labute approximate surface area is 144 Å². The van der Waals surface area contributed by atoms with Crippen LogP contribution < -0.4 is 0 Å². The molecule has 0 bridgehead atoms. The normalized spacial score (nSPS) is 14.2. The maximum atomic E-state index is 9.01. The van der Waals surface area contributed by atoms with E-state index in [-0.39, 0.29) is 0 Å². The van der Waals surface area contributed by atoms with Crippen LogP contribution >= 0.6 is 0 Å². The molecular formula is C20H17N5. The molecule has 3 heterocycles. The quantitative estimate of drug-likeness (QED) is 0.618. The predicted octanol–water partition coefficient (Wildman–Crippen LogP) is 4.02. The zero-order chi connectivity index (χ0) is 17.0. The fourth-order valence-corrected chi connectivity index (χ4v) is 3.69. The fourth-order valence-electron chi connectivity index (χ4n) is 3.69. The molecule has 0 unspecified atom stereocenters. The first kappa shape index (κ1) is 14.2. The molecule has 1 fully saturated rings. The Bertz CT molecular complexity index is 1150. The molecule has 122 valence electrons. The number of nitrogens with one attached hydrogen (secondary N) is 1. The topological polar surface area (TPSA) is 70.3 Å². The van der Waals surface area contributed by atoms with E-state index >= 15 is 0 Å². The number of rotatable bonds is 3. The van der Waals surface area contributed by atoms with Gasteiger partial charge in [0, 0.05) is 28.7 Å². The lowest BCUT2D eigenvalue weighted by Gasteiger charge is -2.13. The lowest BCUT2D eigenvalue weighted by Crippen LogP contribution is -2.04. The Balaban J connectivity index is 1.64. The van der Waals surface area contributed by atoms with Gasteiger partial charge in [-0.2, -0.15) is 10.4 Å². The number of hydrogen-bond donors (Lipinski definition) is 1. The van der Waals surface area contributed by atoms with Crippen LogP contribution in [0.4, 0.5) is 0 Å². The van der Waals surface area contributed by atoms with Gasteiger partial charge in [0.05, 0.1) is 6.54 Å². The van der Waals surface area contributed by atoms with Crippen LogP contribution in [0.5, 0.6) is 0 Å². The highest BCUT2D eigenvalue weighted by atomic mass is 15.3. The van der Waals surface area contributed by atoms with E-state index in [9.17, 15) is 0 Å². The Morgan fingerprint density at radius 3 is 3.00 bits per heavy atom. The molecule has 0 amide bonds. The van der Waals surface area contributed by atoms with Crippen molar-refractivity contribution in [2.24, 2.45) is 0 Å². The van der Waals surface area contributed by atoms with Crippen LogP contribution in [0.1, 0.15) is 41.1 Å². The number of pyridine rings is 1. The summed E-state index contributed by atoms with van der Waals surface area (Å²) in [6.07, 6.45) is 6.57. The third-order valence-electron chi connectivity index (χ3n) is 5.06. The summed E-state index contributed by atoms with van der Waals surface area (Å²) in [6, 6.07) is 10.2. The first-order chi connectivity index (χ1) is 12.2. The maximum absolute atomic E-state index is 9.01.